The fraction of sp³-hybridized carbons (Fsp3) is 0. The summed E-state index contributed by atoms with van der Waals surface area (Å²) in [7, 11) is 0. The van der Waals surface area contributed by atoms with Gasteiger partial charge in [0.1, 0.15) is 17.5 Å². The first-order valence-electron chi connectivity index (χ1n) is 6.48. The van der Waals surface area contributed by atoms with Gasteiger partial charge in [0.25, 0.3) is 5.69 Å². The second-order valence-corrected chi connectivity index (χ2v) is 4.60. The zero-order valence-corrected chi connectivity index (χ0v) is 11.8. The van der Waals surface area contributed by atoms with Crippen molar-refractivity contribution in [1.29, 1.82) is 5.26 Å². The molecule has 0 bridgehead atoms. The van der Waals surface area contributed by atoms with Gasteiger partial charge in [-0.1, -0.05) is 0 Å². The third-order valence-corrected chi connectivity index (χ3v) is 3.19. The number of benzene rings is 1. The van der Waals surface area contributed by atoms with Gasteiger partial charge < -0.3 is 4.42 Å². The molecule has 2 heterocycles. The molecule has 118 valence electrons. The number of furan rings is 1. The van der Waals surface area contributed by atoms with Gasteiger partial charge >= 0.3 is 5.69 Å². The van der Waals surface area contributed by atoms with Crippen LogP contribution in [0, 0.1) is 31.6 Å². The van der Waals surface area contributed by atoms with Gasteiger partial charge in [0.15, 0.2) is 11.5 Å². The van der Waals surface area contributed by atoms with E-state index in [1.165, 1.54) is 18.4 Å². The lowest BCUT2D eigenvalue weighted by molar-refractivity contribution is -0.394. The first kappa shape index (κ1) is 14.9. The molecule has 0 saturated carbocycles. The molecule has 3 rings (SSSR count). The number of nitro groups is 2. The highest BCUT2D eigenvalue weighted by Gasteiger charge is 2.24. The minimum atomic E-state index is -0.748. The standard InChI is InChI=1S/C14H7N5O5/c15-8-9-6-13(14-2-1-5-24-14)17(16-9)11-4-3-10(18(20)21)7-12(11)19(22)23/h1-7H. The van der Waals surface area contributed by atoms with Gasteiger partial charge in [-0.25, -0.2) is 4.68 Å². The molecular weight excluding hydrogens is 318 g/mol. The van der Waals surface area contributed by atoms with Crippen molar-refractivity contribution in [2.24, 2.45) is 0 Å². The van der Waals surface area contributed by atoms with Gasteiger partial charge in [-0.3, -0.25) is 20.2 Å². The summed E-state index contributed by atoms with van der Waals surface area (Å²) >= 11 is 0. The molecule has 0 amide bonds. The zero-order valence-electron chi connectivity index (χ0n) is 11.8. The molecule has 10 heteroatoms. The van der Waals surface area contributed by atoms with Crippen LogP contribution in [0.3, 0.4) is 0 Å². The largest absolute Gasteiger partial charge is 0.463 e. The van der Waals surface area contributed by atoms with Gasteiger partial charge in [-0.15, -0.1) is 0 Å². The Hall–Kier alpha value is -4.00. The quantitative estimate of drug-likeness (QED) is 0.530. The molecule has 2 aromatic heterocycles. The van der Waals surface area contributed by atoms with Crippen LogP contribution >= 0.6 is 0 Å². The molecule has 0 aliphatic rings. The highest BCUT2D eigenvalue weighted by atomic mass is 16.6. The summed E-state index contributed by atoms with van der Waals surface area (Å²) in [6, 6.07) is 9.64. The lowest BCUT2D eigenvalue weighted by atomic mass is 10.2. The fourth-order valence-corrected chi connectivity index (χ4v) is 2.17. The molecule has 0 aliphatic carbocycles. The number of non-ortho nitro benzene ring substituents is 1. The van der Waals surface area contributed by atoms with Crippen LogP contribution in [-0.4, -0.2) is 19.6 Å². The monoisotopic (exact) mass is 325 g/mol. The van der Waals surface area contributed by atoms with Crippen LogP contribution in [0.2, 0.25) is 0 Å². The zero-order chi connectivity index (χ0) is 17.3. The van der Waals surface area contributed by atoms with E-state index in [9.17, 15) is 20.2 Å². The van der Waals surface area contributed by atoms with E-state index in [-0.39, 0.29) is 11.4 Å². The molecule has 24 heavy (non-hydrogen) atoms. The van der Waals surface area contributed by atoms with Crippen molar-refractivity contribution >= 4 is 11.4 Å². The molecule has 1 aromatic carbocycles. The number of nitriles is 1. The Morgan fingerprint density at radius 3 is 2.54 bits per heavy atom. The number of aromatic nitrogens is 2. The van der Waals surface area contributed by atoms with Crippen molar-refractivity contribution in [3.05, 3.63) is 68.6 Å². The fourth-order valence-electron chi connectivity index (χ4n) is 2.17. The number of nitro benzene ring substituents is 2. The van der Waals surface area contributed by atoms with E-state index in [1.54, 1.807) is 12.1 Å². The Bertz CT molecular complexity index is 984. The summed E-state index contributed by atoms with van der Waals surface area (Å²) in [5.41, 5.74) is -0.608. The molecule has 0 aliphatic heterocycles. The topological polar surface area (TPSA) is 141 Å². The Kier molecular flexibility index (Phi) is 3.51. The Labute approximate surface area is 133 Å². The van der Waals surface area contributed by atoms with Gasteiger partial charge in [0, 0.05) is 12.1 Å². The second-order valence-electron chi connectivity index (χ2n) is 4.60. The average Bonchev–Trinajstić information content (AvgIpc) is 3.23. The van der Waals surface area contributed by atoms with Gasteiger partial charge in [-0.05, 0) is 18.2 Å². The molecule has 0 atom stereocenters. The third kappa shape index (κ3) is 2.46. The van der Waals surface area contributed by atoms with E-state index >= 15 is 0 Å². The van der Waals surface area contributed by atoms with Gasteiger partial charge in [-0.2, -0.15) is 10.4 Å². The summed E-state index contributed by atoms with van der Waals surface area (Å²) in [4.78, 5) is 20.7. The maximum absolute atomic E-state index is 11.3. The third-order valence-electron chi connectivity index (χ3n) is 3.19. The SMILES string of the molecule is N#Cc1cc(-c2ccco2)n(-c2ccc([N+](=O)[O-])cc2[N+](=O)[O-])n1. The van der Waals surface area contributed by atoms with Crippen molar-refractivity contribution < 1.29 is 14.3 Å². The summed E-state index contributed by atoms with van der Waals surface area (Å²) in [6.07, 6.45) is 1.41. The summed E-state index contributed by atoms with van der Waals surface area (Å²) in [5, 5.41) is 35.2. The number of rotatable bonds is 4. The van der Waals surface area contributed by atoms with Crippen LogP contribution in [0.15, 0.2) is 47.1 Å². The van der Waals surface area contributed by atoms with Crippen molar-refractivity contribution in [2.45, 2.75) is 0 Å². The minimum absolute atomic E-state index is 0.0153. The molecule has 0 N–H and O–H groups in total. The van der Waals surface area contributed by atoms with E-state index in [1.807, 2.05) is 6.07 Å². The average molecular weight is 325 g/mol. The number of nitrogens with zero attached hydrogens (tertiary/aromatic N) is 5. The van der Waals surface area contributed by atoms with E-state index in [0.29, 0.717) is 11.5 Å². The molecule has 0 radical (unpaired) electrons. The van der Waals surface area contributed by atoms with Crippen LogP contribution in [-0.2, 0) is 0 Å². The van der Waals surface area contributed by atoms with Crippen LogP contribution in [0.1, 0.15) is 5.69 Å². The number of hydrogen-bond acceptors (Lipinski definition) is 7. The molecule has 0 unspecified atom stereocenters. The van der Waals surface area contributed by atoms with Crippen LogP contribution in [0.5, 0.6) is 0 Å². The first-order valence-corrected chi connectivity index (χ1v) is 6.48. The Morgan fingerprint density at radius 1 is 1.17 bits per heavy atom. The van der Waals surface area contributed by atoms with Crippen molar-refractivity contribution in [2.75, 3.05) is 0 Å². The molecule has 10 nitrogen and oxygen atoms in total. The predicted octanol–water partition coefficient (Wildman–Crippen LogP) is 2.82. The summed E-state index contributed by atoms with van der Waals surface area (Å²) in [5.74, 6) is 0.344. The minimum Gasteiger partial charge on any atom is -0.463 e. The van der Waals surface area contributed by atoms with E-state index in [0.717, 1.165) is 16.8 Å². The molecule has 0 fully saturated rings. The molecular formula is C14H7N5O5. The second kappa shape index (κ2) is 5.65. The number of hydrogen-bond donors (Lipinski definition) is 0. The Balaban J connectivity index is 2.26. The van der Waals surface area contributed by atoms with Gasteiger partial charge in [0.05, 0.1) is 22.2 Å². The van der Waals surface area contributed by atoms with E-state index in [2.05, 4.69) is 5.10 Å². The lowest BCUT2D eigenvalue weighted by Gasteiger charge is -2.06. The predicted molar refractivity (Wildman–Crippen MR) is 79.3 cm³/mol. The maximum Gasteiger partial charge on any atom is 0.301 e. The van der Waals surface area contributed by atoms with E-state index < -0.39 is 21.2 Å². The maximum atomic E-state index is 11.3. The highest BCUT2D eigenvalue weighted by molar-refractivity contribution is 5.64. The smallest absolute Gasteiger partial charge is 0.301 e. The van der Waals surface area contributed by atoms with Gasteiger partial charge in [0.2, 0.25) is 0 Å². The summed E-state index contributed by atoms with van der Waals surface area (Å²) in [6.45, 7) is 0. The highest BCUT2D eigenvalue weighted by Crippen LogP contribution is 2.31. The first-order chi connectivity index (χ1) is 11.5. The molecule has 0 saturated heterocycles. The van der Waals surface area contributed by atoms with Crippen molar-refractivity contribution in [3.63, 3.8) is 0 Å². The normalized spacial score (nSPS) is 10.3. The summed E-state index contributed by atoms with van der Waals surface area (Å²) < 4.78 is 6.41. The molecule has 3 aromatic rings. The van der Waals surface area contributed by atoms with E-state index in [4.69, 9.17) is 9.68 Å². The van der Waals surface area contributed by atoms with Crippen LogP contribution < -0.4 is 0 Å². The lowest BCUT2D eigenvalue weighted by Crippen LogP contribution is -2.04. The Morgan fingerprint density at radius 2 is 1.96 bits per heavy atom. The molecule has 0 spiro atoms. The van der Waals surface area contributed by atoms with Crippen LogP contribution in [0.4, 0.5) is 11.4 Å². The van der Waals surface area contributed by atoms with Crippen LogP contribution in [0.25, 0.3) is 17.1 Å². The van der Waals surface area contributed by atoms with Crippen molar-refractivity contribution in [1.82, 2.24) is 9.78 Å². The van der Waals surface area contributed by atoms with Crippen molar-refractivity contribution in [3.8, 4) is 23.2 Å².